The second kappa shape index (κ2) is 8.39. The first-order valence-corrected chi connectivity index (χ1v) is 8.68. The fourth-order valence-electron chi connectivity index (χ4n) is 2.84. The van der Waals surface area contributed by atoms with Gasteiger partial charge in [-0.25, -0.2) is 9.36 Å². The number of carbonyl (C=O) groups is 1. The third kappa shape index (κ3) is 3.81. The highest BCUT2D eigenvalue weighted by molar-refractivity contribution is 6.08. The molecule has 0 spiro atoms. The molecule has 2 aromatic carbocycles. The number of aromatic hydroxyl groups is 2. The van der Waals surface area contributed by atoms with Crippen molar-refractivity contribution in [3.63, 3.8) is 0 Å². The minimum absolute atomic E-state index is 0.0704. The topological polar surface area (TPSA) is 131 Å². The number of nitrogens with one attached hydrogen (secondary N) is 1. The number of benzene rings is 2. The number of aromatic amines is 1. The van der Waals surface area contributed by atoms with Crippen LogP contribution in [0.2, 0.25) is 0 Å². The van der Waals surface area contributed by atoms with Crippen molar-refractivity contribution in [3.8, 4) is 28.8 Å². The molecule has 9 nitrogen and oxygen atoms in total. The smallest absolute Gasteiger partial charge is 0.335 e. The molecule has 0 aliphatic heterocycles. The van der Waals surface area contributed by atoms with E-state index in [1.807, 2.05) is 4.98 Å². The lowest BCUT2D eigenvalue weighted by Crippen LogP contribution is -2.32. The van der Waals surface area contributed by atoms with Crippen LogP contribution in [0.1, 0.15) is 15.9 Å². The molecule has 3 rings (SSSR count). The van der Waals surface area contributed by atoms with Gasteiger partial charge in [0.15, 0.2) is 17.3 Å². The van der Waals surface area contributed by atoms with Crippen molar-refractivity contribution in [1.82, 2.24) is 9.55 Å². The van der Waals surface area contributed by atoms with Crippen LogP contribution in [-0.2, 0) is 0 Å². The molecule has 0 aliphatic carbocycles. The Balaban J connectivity index is 2.07. The molecule has 0 unspecified atom stereocenters. The lowest BCUT2D eigenvalue weighted by atomic mass is 10.1. The maximum absolute atomic E-state index is 12.6. The molecule has 0 aliphatic rings. The first-order valence-electron chi connectivity index (χ1n) is 8.68. The van der Waals surface area contributed by atoms with Crippen molar-refractivity contribution < 1.29 is 24.5 Å². The number of nitrogens with zero attached hydrogens (tertiary/aromatic N) is 1. The van der Waals surface area contributed by atoms with E-state index in [9.17, 15) is 24.6 Å². The Morgan fingerprint density at radius 3 is 2.43 bits per heavy atom. The molecular formula is C21H18N2O7. The zero-order chi connectivity index (χ0) is 21.8. The molecule has 9 heteroatoms. The number of phenolic OH excluding ortho intramolecular Hbond substituents is 1. The van der Waals surface area contributed by atoms with Crippen LogP contribution in [0, 0.1) is 0 Å². The van der Waals surface area contributed by atoms with Crippen LogP contribution in [0.25, 0.3) is 11.8 Å². The number of rotatable bonds is 6. The van der Waals surface area contributed by atoms with Gasteiger partial charge in [0.2, 0.25) is 5.88 Å². The Bertz CT molecular complexity index is 1250. The average Bonchev–Trinajstić information content (AvgIpc) is 2.73. The molecule has 3 aromatic rings. The maximum atomic E-state index is 12.6. The summed E-state index contributed by atoms with van der Waals surface area (Å²) in [6, 6.07) is 10.7. The summed E-state index contributed by atoms with van der Waals surface area (Å²) in [5.41, 5.74) is -1.90. The van der Waals surface area contributed by atoms with Crippen LogP contribution in [0.5, 0.6) is 23.1 Å². The second-order valence-corrected chi connectivity index (χ2v) is 6.09. The van der Waals surface area contributed by atoms with Gasteiger partial charge in [0.25, 0.3) is 5.56 Å². The van der Waals surface area contributed by atoms with Gasteiger partial charge in [0.1, 0.15) is 11.3 Å². The Hall–Kier alpha value is -4.27. The molecule has 0 fully saturated rings. The highest BCUT2D eigenvalue weighted by Crippen LogP contribution is 2.27. The largest absolute Gasteiger partial charge is 0.504 e. The quantitative estimate of drug-likeness (QED) is 0.417. The maximum Gasteiger partial charge on any atom is 0.335 e. The molecule has 0 atom stereocenters. The third-order valence-electron chi connectivity index (χ3n) is 4.29. The molecule has 0 bridgehead atoms. The molecule has 154 valence electrons. The van der Waals surface area contributed by atoms with E-state index in [1.165, 1.54) is 44.6 Å². The van der Waals surface area contributed by atoms with Crippen LogP contribution in [-0.4, -0.2) is 39.8 Å². The summed E-state index contributed by atoms with van der Waals surface area (Å²) in [4.78, 5) is 39.2. The number of allylic oxidation sites excluding steroid dienone is 1. The van der Waals surface area contributed by atoms with Crippen LogP contribution >= 0.6 is 0 Å². The van der Waals surface area contributed by atoms with Crippen LogP contribution in [0.4, 0.5) is 0 Å². The molecule has 30 heavy (non-hydrogen) atoms. The van der Waals surface area contributed by atoms with Crippen LogP contribution < -0.4 is 20.7 Å². The zero-order valence-electron chi connectivity index (χ0n) is 16.1. The summed E-state index contributed by atoms with van der Waals surface area (Å²) in [5, 5.41) is 20.2. The number of methoxy groups -OCH3 is 2. The zero-order valence-corrected chi connectivity index (χ0v) is 16.1. The molecule has 0 saturated heterocycles. The lowest BCUT2D eigenvalue weighted by molar-refractivity contribution is 0.104. The fraction of sp³-hybridized carbons (Fsp3) is 0.0952. The van der Waals surface area contributed by atoms with E-state index in [1.54, 1.807) is 18.2 Å². The minimum atomic E-state index is -1.03. The van der Waals surface area contributed by atoms with E-state index in [0.29, 0.717) is 5.56 Å². The summed E-state index contributed by atoms with van der Waals surface area (Å²) >= 11 is 0. The second-order valence-electron chi connectivity index (χ2n) is 6.09. The summed E-state index contributed by atoms with van der Waals surface area (Å²) in [6.45, 7) is 0. The molecule has 3 N–H and O–H groups in total. The lowest BCUT2D eigenvalue weighted by Gasteiger charge is -2.13. The highest BCUT2D eigenvalue weighted by atomic mass is 16.5. The number of phenols is 1. The Morgan fingerprint density at radius 2 is 1.73 bits per heavy atom. The van der Waals surface area contributed by atoms with Crippen molar-refractivity contribution in [2.24, 2.45) is 0 Å². The first-order chi connectivity index (χ1) is 14.4. The summed E-state index contributed by atoms with van der Waals surface area (Å²) in [7, 11) is 2.76. The number of carbonyl (C=O) groups excluding carboxylic acids is 1. The Morgan fingerprint density at radius 1 is 1.03 bits per heavy atom. The SMILES string of the molecule is COc1cc(C=CC(=O)c2c(O)n(-c3ccccc3OC)c(=O)[nH]c2=O)ccc1O. The first kappa shape index (κ1) is 20.5. The molecule has 0 radical (unpaired) electrons. The monoisotopic (exact) mass is 410 g/mol. The van der Waals surface area contributed by atoms with Gasteiger partial charge in [-0.15, -0.1) is 0 Å². The van der Waals surface area contributed by atoms with E-state index in [4.69, 9.17) is 9.47 Å². The van der Waals surface area contributed by atoms with E-state index >= 15 is 0 Å². The predicted octanol–water partition coefficient (Wildman–Crippen LogP) is 1.85. The highest BCUT2D eigenvalue weighted by Gasteiger charge is 2.21. The molecule has 0 amide bonds. The normalized spacial score (nSPS) is 10.9. The number of para-hydroxylation sites is 2. The number of ether oxygens (including phenoxy) is 2. The van der Waals surface area contributed by atoms with Crippen molar-refractivity contribution in [1.29, 1.82) is 0 Å². The Kier molecular flexibility index (Phi) is 5.73. The van der Waals surface area contributed by atoms with Gasteiger partial charge >= 0.3 is 5.69 Å². The average molecular weight is 410 g/mol. The summed E-state index contributed by atoms with van der Waals surface area (Å²) < 4.78 is 11.0. The van der Waals surface area contributed by atoms with Gasteiger partial charge in [-0.3, -0.25) is 14.6 Å². The minimum Gasteiger partial charge on any atom is -0.504 e. The fourth-order valence-corrected chi connectivity index (χ4v) is 2.84. The van der Waals surface area contributed by atoms with E-state index in [0.717, 1.165) is 10.6 Å². The van der Waals surface area contributed by atoms with Crippen LogP contribution in [0.15, 0.2) is 58.1 Å². The van der Waals surface area contributed by atoms with Crippen LogP contribution in [0.3, 0.4) is 0 Å². The third-order valence-corrected chi connectivity index (χ3v) is 4.29. The van der Waals surface area contributed by atoms with Gasteiger partial charge in [-0.05, 0) is 35.9 Å². The van der Waals surface area contributed by atoms with Gasteiger partial charge in [-0.2, -0.15) is 0 Å². The number of hydrogen-bond donors (Lipinski definition) is 3. The predicted molar refractivity (Wildman–Crippen MR) is 109 cm³/mol. The van der Waals surface area contributed by atoms with Gasteiger partial charge in [-0.1, -0.05) is 24.3 Å². The molecule has 0 saturated carbocycles. The molecule has 1 aromatic heterocycles. The van der Waals surface area contributed by atoms with Gasteiger partial charge in [0, 0.05) is 0 Å². The summed E-state index contributed by atoms with van der Waals surface area (Å²) in [6.07, 6.45) is 2.44. The number of H-pyrrole nitrogens is 1. The van der Waals surface area contributed by atoms with Gasteiger partial charge in [0.05, 0.1) is 19.9 Å². The Labute approximate surface area is 170 Å². The number of hydrogen-bond acceptors (Lipinski definition) is 7. The number of aromatic nitrogens is 2. The van der Waals surface area contributed by atoms with Crippen molar-refractivity contribution in [2.75, 3.05) is 14.2 Å². The van der Waals surface area contributed by atoms with Crippen molar-refractivity contribution in [3.05, 3.63) is 80.5 Å². The standard InChI is InChI=1S/C21H18N2O7/c1-29-16-6-4-3-5-13(16)23-20(27)18(19(26)22-21(23)28)15(25)10-8-12-7-9-14(24)17(11-12)30-2/h3-11,24,27H,1-2H3,(H,22,26,28). The van der Waals surface area contributed by atoms with Crippen molar-refractivity contribution in [2.45, 2.75) is 0 Å². The molecule has 1 heterocycles. The van der Waals surface area contributed by atoms with E-state index in [2.05, 4.69) is 0 Å². The summed E-state index contributed by atoms with van der Waals surface area (Å²) in [5.74, 6) is -1.25. The van der Waals surface area contributed by atoms with E-state index in [-0.39, 0.29) is 22.9 Å². The van der Waals surface area contributed by atoms with Gasteiger partial charge < -0.3 is 19.7 Å². The number of ketones is 1. The van der Waals surface area contributed by atoms with E-state index < -0.39 is 28.5 Å². The van der Waals surface area contributed by atoms with Crippen molar-refractivity contribution >= 4 is 11.9 Å². The molecular weight excluding hydrogens is 392 g/mol.